The molecule has 0 saturated heterocycles. The number of ether oxygens (including phenoxy) is 1. The minimum absolute atomic E-state index is 0.296. The second-order valence-electron chi connectivity index (χ2n) is 3.34. The molecule has 0 unspecified atom stereocenters. The Morgan fingerprint density at radius 2 is 2.31 bits per heavy atom. The van der Waals surface area contributed by atoms with Gasteiger partial charge in [-0.25, -0.2) is 0 Å². The Balaban J connectivity index is 4.62. The third-order valence-electron chi connectivity index (χ3n) is 1.92. The van der Waals surface area contributed by atoms with E-state index in [9.17, 15) is 4.79 Å². The number of carbonyl (C=O) groups excluding carboxylic acids is 1. The van der Waals surface area contributed by atoms with E-state index in [2.05, 4.69) is 6.58 Å². The van der Waals surface area contributed by atoms with Gasteiger partial charge < -0.3 is 4.74 Å². The molecule has 1 atom stereocenters. The van der Waals surface area contributed by atoms with Crippen LogP contribution in [0.4, 0.5) is 0 Å². The lowest BCUT2D eigenvalue weighted by atomic mass is 9.80. The Morgan fingerprint density at radius 3 is 2.62 bits per heavy atom. The second-order valence-corrected chi connectivity index (χ2v) is 3.34. The van der Waals surface area contributed by atoms with Crippen LogP contribution in [0.5, 0.6) is 0 Å². The number of allylic oxidation sites excluding steroid dienone is 1. The molecule has 0 rings (SSSR count). The monoisotopic (exact) mass is 181 g/mol. The summed E-state index contributed by atoms with van der Waals surface area (Å²) in [4.78, 5) is 11.3. The number of nitriles is 1. The Bertz CT molecular complexity index is 238. The largest absolute Gasteiger partial charge is 0.465 e. The van der Waals surface area contributed by atoms with Gasteiger partial charge in [0.15, 0.2) is 5.92 Å². The molecule has 0 spiro atoms. The fourth-order valence-electron chi connectivity index (χ4n) is 0.866. The molecule has 13 heavy (non-hydrogen) atoms. The average Bonchev–Trinajstić information content (AvgIpc) is 2.05. The normalized spacial score (nSPS) is 12.8. The number of nitrogens with zero attached hydrogens (tertiary/aromatic N) is 1. The number of esters is 1. The topological polar surface area (TPSA) is 50.1 Å². The van der Waals surface area contributed by atoms with E-state index in [0.717, 1.165) is 0 Å². The number of hydrogen-bond acceptors (Lipinski definition) is 3. The van der Waals surface area contributed by atoms with Crippen LogP contribution in [-0.2, 0) is 9.53 Å². The van der Waals surface area contributed by atoms with Crippen LogP contribution in [0.15, 0.2) is 12.7 Å². The first-order valence-electron chi connectivity index (χ1n) is 4.19. The van der Waals surface area contributed by atoms with Crippen molar-refractivity contribution in [2.24, 2.45) is 11.3 Å². The Hall–Kier alpha value is -1.30. The van der Waals surface area contributed by atoms with Gasteiger partial charge in [0.25, 0.3) is 0 Å². The zero-order valence-corrected chi connectivity index (χ0v) is 8.33. The third-order valence-corrected chi connectivity index (χ3v) is 1.92. The Labute approximate surface area is 79.0 Å². The lowest BCUT2D eigenvalue weighted by molar-refractivity contribution is -0.148. The Morgan fingerprint density at radius 1 is 1.77 bits per heavy atom. The van der Waals surface area contributed by atoms with Gasteiger partial charge in [-0.05, 0) is 6.92 Å². The molecule has 72 valence electrons. The van der Waals surface area contributed by atoms with Gasteiger partial charge in [-0.15, -0.1) is 6.58 Å². The quantitative estimate of drug-likeness (QED) is 0.491. The molecule has 0 aliphatic rings. The third kappa shape index (κ3) is 2.90. The first-order chi connectivity index (χ1) is 5.99. The lowest BCUT2D eigenvalue weighted by Gasteiger charge is -2.23. The highest BCUT2D eigenvalue weighted by atomic mass is 16.5. The molecule has 0 aliphatic heterocycles. The van der Waals surface area contributed by atoms with E-state index in [0.29, 0.717) is 6.61 Å². The molecule has 0 aromatic carbocycles. The highest BCUT2D eigenvalue weighted by molar-refractivity contribution is 5.76. The highest BCUT2D eigenvalue weighted by Crippen LogP contribution is 2.28. The van der Waals surface area contributed by atoms with E-state index in [4.69, 9.17) is 10.00 Å². The van der Waals surface area contributed by atoms with Crippen LogP contribution in [0.1, 0.15) is 20.8 Å². The van der Waals surface area contributed by atoms with Crippen LogP contribution >= 0.6 is 0 Å². The summed E-state index contributed by atoms with van der Waals surface area (Å²) >= 11 is 0. The first kappa shape index (κ1) is 11.7. The summed E-state index contributed by atoms with van der Waals surface area (Å²) in [7, 11) is 0. The number of carbonyl (C=O) groups is 1. The summed E-state index contributed by atoms with van der Waals surface area (Å²) in [5, 5.41) is 8.79. The second kappa shape index (κ2) is 4.66. The maximum Gasteiger partial charge on any atom is 0.324 e. The summed E-state index contributed by atoms with van der Waals surface area (Å²) < 4.78 is 4.77. The molecule has 0 bridgehead atoms. The summed E-state index contributed by atoms with van der Waals surface area (Å²) in [6.07, 6.45) is 1.60. The molecule has 0 amide bonds. The van der Waals surface area contributed by atoms with Gasteiger partial charge in [0, 0.05) is 5.41 Å². The molecule has 0 aromatic rings. The molecule has 3 nitrogen and oxygen atoms in total. The maximum absolute atomic E-state index is 11.3. The molecule has 0 aliphatic carbocycles. The summed E-state index contributed by atoms with van der Waals surface area (Å²) in [6.45, 7) is 9.16. The number of rotatable bonds is 4. The van der Waals surface area contributed by atoms with E-state index in [1.807, 2.05) is 6.07 Å². The minimum atomic E-state index is -0.773. The van der Waals surface area contributed by atoms with Crippen LogP contribution in [0.2, 0.25) is 0 Å². The fourth-order valence-corrected chi connectivity index (χ4v) is 0.866. The van der Waals surface area contributed by atoms with Gasteiger partial charge in [0.1, 0.15) is 0 Å². The van der Waals surface area contributed by atoms with Gasteiger partial charge in [0.2, 0.25) is 0 Å². The Kier molecular flexibility index (Phi) is 4.19. The van der Waals surface area contributed by atoms with Gasteiger partial charge in [-0.3, -0.25) is 4.79 Å². The van der Waals surface area contributed by atoms with Crippen molar-refractivity contribution in [3.8, 4) is 6.07 Å². The average molecular weight is 181 g/mol. The molecular formula is C10H15NO2. The molecule has 0 fully saturated rings. The van der Waals surface area contributed by atoms with Crippen LogP contribution < -0.4 is 0 Å². The molecule has 0 radical (unpaired) electrons. The van der Waals surface area contributed by atoms with Crippen LogP contribution in [-0.4, -0.2) is 12.6 Å². The van der Waals surface area contributed by atoms with E-state index < -0.39 is 17.3 Å². The number of hydrogen-bond donors (Lipinski definition) is 0. The van der Waals surface area contributed by atoms with Crippen LogP contribution in [0, 0.1) is 22.7 Å². The predicted octanol–water partition coefficient (Wildman–Crippen LogP) is 1.90. The van der Waals surface area contributed by atoms with Crippen molar-refractivity contribution >= 4 is 5.97 Å². The van der Waals surface area contributed by atoms with Crippen molar-refractivity contribution in [3.05, 3.63) is 12.7 Å². The van der Waals surface area contributed by atoms with E-state index in [1.165, 1.54) is 0 Å². The SMILES string of the molecule is C=CC(C)(C)[C@H](C#N)C(=O)OCC. The van der Waals surface area contributed by atoms with Gasteiger partial charge >= 0.3 is 5.97 Å². The smallest absolute Gasteiger partial charge is 0.324 e. The van der Waals surface area contributed by atoms with Crippen LogP contribution in [0.3, 0.4) is 0 Å². The van der Waals surface area contributed by atoms with E-state index in [-0.39, 0.29) is 0 Å². The maximum atomic E-state index is 11.3. The van der Waals surface area contributed by atoms with Crippen molar-refractivity contribution in [3.63, 3.8) is 0 Å². The summed E-state index contributed by atoms with van der Waals surface area (Å²) in [6, 6.07) is 1.93. The molecule has 0 heterocycles. The van der Waals surface area contributed by atoms with Crippen molar-refractivity contribution in [2.75, 3.05) is 6.61 Å². The molecule has 3 heteroatoms. The zero-order valence-electron chi connectivity index (χ0n) is 8.33. The highest BCUT2D eigenvalue weighted by Gasteiger charge is 2.33. The summed E-state index contributed by atoms with van der Waals surface area (Å²) in [5.74, 6) is -1.25. The molecule has 0 saturated carbocycles. The predicted molar refractivity (Wildman–Crippen MR) is 49.7 cm³/mol. The summed E-state index contributed by atoms with van der Waals surface area (Å²) in [5.41, 5.74) is -0.541. The van der Waals surface area contributed by atoms with Crippen LogP contribution in [0.25, 0.3) is 0 Å². The first-order valence-corrected chi connectivity index (χ1v) is 4.19. The molecular weight excluding hydrogens is 166 g/mol. The van der Waals surface area contributed by atoms with Gasteiger partial charge in [-0.2, -0.15) is 5.26 Å². The van der Waals surface area contributed by atoms with Gasteiger partial charge in [0.05, 0.1) is 12.7 Å². The van der Waals surface area contributed by atoms with Crippen molar-refractivity contribution in [2.45, 2.75) is 20.8 Å². The van der Waals surface area contributed by atoms with Gasteiger partial charge in [-0.1, -0.05) is 19.9 Å². The van der Waals surface area contributed by atoms with Crippen molar-refractivity contribution in [1.29, 1.82) is 5.26 Å². The zero-order chi connectivity index (χ0) is 10.5. The van der Waals surface area contributed by atoms with E-state index in [1.54, 1.807) is 26.8 Å². The molecule has 0 N–H and O–H groups in total. The molecule has 0 aromatic heterocycles. The van der Waals surface area contributed by atoms with E-state index >= 15 is 0 Å². The lowest BCUT2D eigenvalue weighted by Crippen LogP contribution is -2.29. The van der Waals surface area contributed by atoms with Crippen molar-refractivity contribution in [1.82, 2.24) is 0 Å². The minimum Gasteiger partial charge on any atom is -0.465 e. The fraction of sp³-hybridized carbons (Fsp3) is 0.600. The van der Waals surface area contributed by atoms with Crippen molar-refractivity contribution < 1.29 is 9.53 Å². The standard InChI is InChI=1S/C10H15NO2/c1-5-10(3,4)8(7-11)9(12)13-6-2/h5,8H,1,6H2,2-4H3/t8-/m1/s1.